The molecule has 0 saturated carbocycles. The molecule has 0 radical (unpaired) electrons. The Morgan fingerprint density at radius 1 is 1.33 bits per heavy atom. The summed E-state index contributed by atoms with van der Waals surface area (Å²) in [5.41, 5.74) is 5.64. The van der Waals surface area contributed by atoms with E-state index in [1.165, 1.54) is 12.0 Å². The normalized spacial score (nSPS) is 11.1. The van der Waals surface area contributed by atoms with Gasteiger partial charge < -0.3 is 9.92 Å². The van der Waals surface area contributed by atoms with Crippen LogP contribution in [0.15, 0.2) is 24.3 Å². The standard InChI is InChI=1S/C11H15NO2S/c1-11(2,3)15-14-9-7-5-4-6-8(9)10(12)13/h4-7H,1-3H3,(H2,12,13). The van der Waals surface area contributed by atoms with Crippen molar-refractivity contribution in [2.75, 3.05) is 0 Å². The molecule has 1 rings (SSSR count). The van der Waals surface area contributed by atoms with Crippen LogP contribution in [0.4, 0.5) is 0 Å². The van der Waals surface area contributed by atoms with Gasteiger partial charge in [0.2, 0.25) is 0 Å². The minimum absolute atomic E-state index is 0.0231. The zero-order valence-electron chi connectivity index (χ0n) is 9.11. The number of carbonyl (C=O) groups is 1. The van der Waals surface area contributed by atoms with Crippen molar-refractivity contribution in [3.05, 3.63) is 29.8 Å². The third kappa shape index (κ3) is 3.83. The number of nitrogens with two attached hydrogens (primary N) is 1. The highest BCUT2D eigenvalue weighted by molar-refractivity contribution is 7.96. The maximum absolute atomic E-state index is 11.1. The topological polar surface area (TPSA) is 52.3 Å². The summed E-state index contributed by atoms with van der Waals surface area (Å²) < 4.78 is 5.46. The average molecular weight is 225 g/mol. The number of benzene rings is 1. The van der Waals surface area contributed by atoms with Crippen LogP contribution in [0.25, 0.3) is 0 Å². The lowest BCUT2D eigenvalue weighted by Crippen LogP contribution is -2.14. The Labute approximate surface area is 94.2 Å². The maximum atomic E-state index is 11.1. The molecular formula is C11H15NO2S. The monoisotopic (exact) mass is 225 g/mol. The second kappa shape index (κ2) is 4.57. The summed E-state index contributed by atoms with van der Waals surface area (Å²) in [5.74, 6) is 0.0463. The Bertz CT molecular complexity index is 358. The summed E-state index contributed by atoms with van der Waals surface area (Å²) in [5, 5.41) is 0. The summed E-state index contributed by atoms with van der Waals surface area (Å²) >= 11 is 1.31. The van der Waals surface area contributed by atoms with Crippen LogP contribution < -0.4 is 9.92 Å². The van der Waals surface area contributed by atoms with Gasteiger partial charge in [0.05, 0.1) is 17.6 Å². The molecule has 4 heteroatoms. The van der Waals surface area contributed by atoms with E-state index in [1.54, 1.807) is 18.2 Å². The average Bonchev–Trinajstić information content (AvgIpc) is 2.14. The van der Waals surface area contributed by atoms with Gasteiger partial charge in [-0.15, -0.1) is 0 Å². The van der Waals surface area contributed by atoms with E-state index < -0.39 is 5.91 Å². The van der Waals surface area contributed by atoms with Crippen LogP contribution in [0.3, 0.4) is 0 Å². The van der Waals surface area contributed by atoms with E-state index >= 15 is 0 Å². The molecule has 3 nitrogen and oxygen atoms in total. The molecule has 0 aliphatic carbocycles. The molecule has 0 atom stereocenters. The van der Waals surface area contributed by atoms with Crippen LogP contribution in [0.5, 0.6) is 5.75 Å². The number of para-hydroxylation sites is 1. The minimum Gasteiger partial charge on any atom is -0.424 e. The lowest BCUT2D eigenvalue weighted by Gasteiger charge is -2.17. The minimum atomic E-state index is -0.472. The number of carbonyl (C=O) groups excluding carboxylic acids is 1. The third-order valence-electron chi connectivity index (χ3n) is 1.53. The number of amides is 1. The van der Waals surface area contributed by atoms with Gasteiger partial charge in [0, 0.05) is 4.75 Å². The largest absolute Gasteiger partial charge is 0.424 e. The molecule has 0 spiro atoms. The smallest absolute Gasteiger partial charge is 0.252 e. The summed E-state index contributed by atoms with van der Waals surface area (Å²) in [6.45, 7) is 6.10. The molecule has 1 aromatic carbocycles. The van der Waals surface area contributed by atoms with Gasteiger partial charge in [-0.2, -0.15) is 0 Å². The molecule has 0 heterocycles. The van der Waals surface area contributed by atoms with Gasteiger partial charge in [0.15, 0.2) is 0 Å². The molecule has 1 aromatic rings. The van der Waals surface area contributed by atoms with E-state index in [4.69, 9.17) is 9.92 Å². The van der Waals surface area contributed by atoms with Crippen LogP contribution in [0.2, 0.25) is 0 Å². The maximum Gasteiger partial charge on any atom is 0.252 e. The number of rotatable bonds is 3. The number of hydrogen-bond acceptors (Lipinski definition) is 3. The van der Waals surface area contributed by atoms with Crippen molar-refractivity contribution in [2.24, 2.45) is 5.73 Å². The van der Waals surface area contributed by atoms with Gasteiger partial charge in [0.25, 0.3) is 5.91 Å². The molecule has 0 aliphatic rings. The van der Waals surface area contributed by atoms with Crippen LogP contribution >= 0.6 is 12.0 Å². The summed E-state index contributed by atoms with van der Waals surface area (Å²) in [6.07, 6.45) is 0. The van der Waals surface area contributed by atoms with Gasteiger partial charge in [0.1, 0.15) is 5.75 Å². The molecule has 0 aliphatic heterocycles. The molecule has 0 saturated heterocycles. The van der Waals surface area contributed by atoms with E-state index in [0.29, 0.717) is 11.3 Å². The van der Waals surface area contributed by atoms with Crippen molar-refractivity contribution in [1.82, 2.24) is 0 Å². The third-order valence-corrected chi connectivity index (χ3v) is 2.30. The number of hydrogen-bond donors (Lipinski definition) is 1. The first-order valence-corrected chi connectivity index (χ1v) is 5.39. The van der Waals surface area contributed by atoms with E-state index in [2.05, 4.69) is 0 Å². The first-order valence-electron chi connectivity index (χ1n) is 4.65. The highest BCUT2D eigenvalue weighted by atomic mass is 32.2. The van der Waals surface area contributed by atoms with Crippen molar-refractivity contribution in [1.29, 1.82) is 0 Å². The van der Waals surface area contributed by atoms with Crippen molar-refractivity contribution in [2.45, 2.75) is 25.5 Å². The molecule has 0 bridgehead atoms. The zero-order chi connectivity index (χ0) is 11.5. The SMILES string of the molecule is CC(C)(C)SOc1ccccc1C(N)=O. The highest BCUT2D eigenvalue weighted by Crippen LogP contribution is 2.29. The van der Waals surface area contributed by atoms with E-state index in [9.17, 15) is 4.79 Å². The lowest BCUT2D eigenvalue weighted by molar-refractivity contribution is 0.0999. The predicted octanol–water partition coefficient (Wildman–Crippen LogP) is 2.61. The quantitative estimate of drug-likeness (QED) is 0.804. The molecule has 82 valence electrons. The first-order chi connectivity index (χ1) is 6.90. The van der Waals surface area contributed by atoms with E-state index in [-0.39, 0.29) is 4.75 Å². The Kier molecular flexibility index (Phi) is 3.63. The van der Waals surface area contributed by atoms with Crippen LogP contribution in [-0.4, -0.2) is 10.7 Å². The van der Waals surface area contributed by atoms with Gasteiger partial charge in [-0.3, -0.25) is 4.79 Å². The summed E-state index contributed by atoms with van der Waals surface area (Å²) in [6, 6.07) is 6.96. The Balaban J connectivity index is 2.81. The van der Waals surface area contributed by atoms with Gasteiger partial charge >= 0.3 is 0 Å². The molecule has 0 fully saturated rings. The Hall–Kier alpha value is -1.16. The molecular weight excluding hydrogens is 210 g/mol. The fraction of sp³-hybridized carbons (Fsp3) is 0.364. The van der Waals surface area contributed by atoms with Crippen molar-refractivity contribution >= 4 is 17.9 Å². The number of primary amides is 1. The summed E-state index contributed by atoms with van der Waals surface area (Å²) in [7, 11) is 0. The van der Waals surface area contributed by atoms with E-state index in [1.807, 2.05) is 26.8 Å². The highest BCUT2D eigenvalue weighted by Gasteiger charge is 2.15. The fourth-order valence-electron chi connectivity index (χ4n) is 0.913. The molecule has 0 unspecified atom stereocenters. The van der Waals surface area contributed by atoms with Gasteiger partial charge in [-0.1, -0.05) is 12.1 Å². The first kappa shape index (κ1) is 11.9. The summed E-state index contributed by atoms with van der Waals surface area (Å²) in [4.78, 5) is 11.1. The van der Waals surface area contributed by atoms with Crippen LogP contribution in [0, 0.1) is 0 Å². The second-order valence-corrected chi connectivity index (χ2v) is 5.70. The van der Waals surface area contributed by atoms with Crippen molar-refractivity contribution < 1.29 is 8.98 Å². The van der Waals surface area contributed by atoms with Gasteiger partial charge in [-0.05, 0) is 32.9 Å². The van der Waals surface area contributed by atoms with Crippen LogP contribution in [0.1, 0.15) is 31.1 Å². The molecule has 15 heavy (non-hydrogen) atoms. The van der Waals surface area contributed by atoms with Gasteiger partial charge in [-0.25, -0.2) is 0 Å². The fourth-order valence-corrected chi connectivity index (χ4v) is 1.40. The molecule has 0 aromatic heterocycles. The van der Waals surface area contributed by atoms with E-state index in [0.717, 1.165) is 0 Å². The van der Waals surface area contributed by atoms with Crippen molar-refractivity contribution in [3.63, 3.8) is 0 Å². The van der Waals surface area contributed by atoms with Crippen LogP contribution in [-0.2, 0) is 0 Å². The predicted molar refractivity (Wildman–Crippen MR) is 62.9 cm³/mol. The molecule has 1 amide bonds. The zero-order valence-corrected chi connectivity index (χ0v) is 9.93. The Morgan fingerprint density at radius 3 is 2.47 bits per heavy atom. The second-order valence-electron chi connectivity index (χ2n) is 4.14. The molecule has 2 N–H and O–H groups in total. The Morgan fingerprint density at radius 2 is 1.93 bits per heavy atom. The van der Waals surface area contributed by atoms with Crippen molar-refractivity contribution in [3.8, 4) is 5.75 Å². The lowest BCUT2D eigenvalue weighted by atomic mass is 10.2.